The fourth-order valence-corrected chi connectivity index (χ4v) is 15.3. The first-order chi connectivity index (χ1) is 8.40. The second kappa shape index (κ2) is 8.06. The molecule has 20 heavy (non-hydrogen) atoms. The van der Waals surface area contributed by atoms with E-state index in [1.165, 1.54) is 12.0 Å². The minimum Gasteiger partial charge on any atom is -1.00 e. The Bertz CT molecular complexity index is 541. The van der Waals surface area contributed by atoms with Gasteiger partial charge in [0, 0.05) is 0 Å². The third kappa shape index (κ3) is 4.15. The Labute approximate surface area is 143 Å². The molecule has 0 amide bonds. The summed E-state index contributed by atoms with van der Waals surface area (Å²) in [6, 6.07) is 0. The smallest absolute Gasteiger partial charge is 1.00 e. The van der Waals surface area contributed by atoms with Gasteiger partial charge < -0.3 is 24.8 Å². The van der Waals surface area contributed by atoms with Crippen LogP contribution in [0.4, 0.5) is 0 Å². The van der Waals surface area contributed by atoms with Crippen LogP contribution in [-0.2, 0) is 21.0 Å². The first kappa shape index (κ1) is 20.3. The average molecular weight is 478 g/mol. The average Bonchev–Trinajstić information content (AvgIpc) is 2.71. The Morgan fingerprint density at radius 3 is 2.05 bits per heavy atom. The van der Waals surface area contributed by atoms with E-state index in [2.05, 4.69) is 59.8 Å². The summed E-state index contributed by atoms with van der Waals surface area (Å²) in [6.45, 7) is 14.0. The van der Waals surface area contributed by atoms with Crippen molar-refractivity contribution in [3.05, 3.63) is 41.6 Å². The van der Waals surface area contributed by atoms with Crippen LogP contribution in [0.15, 0.2) is 41.6 Å². The molecule has 2 rings (SSSR count). The van der Waals surface area contributed by atoms with Gasteiger partial charge in [-0.1, -0.05) is 0 Å². The topological polar surface area (TPSA) is 0 Å². The molecule has 0 N–H and O–H groups in total. The van der Waals surface area contributed by atoms with Gasteiger partial charge in [0.1, 0.15) is 0 Å². The molecule has 0 aromatic carbocycles. The van der Waals surface area contributed by atoms with E-state index in [9.17, 15) is 0 Å². The van der Waals surface area contributed by atoms with Crippen LogP contribution in [0.1, 0.15) is 48.0 Å². The van der Waals surface area contributed by atoms with Gasteiger partial charge in [0.15, 0.2) is 0 Å². The van der Waals surface area contributed by atoms with Crippen LogP contribution in [0, 0.1) is 5.92 Å². The maximum absolute atomic E-state index is 2.49. The molecule has 0 spiro atoms. The summed E-state index contributed by atoms with van der Waals surface area (Å²) in [5.41, 5.74) is 4.61. The first-order valence-corrected chi connectivity index (χ1v) is 12.2. The quantitative estimate of drug-likeness (QED) is 0.445. The first-order valence-electron chi connectivity index (χ1n) is 6.85. The van der Waals surface area contributed by atoms with Gasteiger partial charge >= 0.3 is 120 Å². The van der Waals surface area contributed by atoms with E-state index in [-0.39, 0.29) is 24.8 Å². The maximum atomic E-state index is 2.49. The van der Waals surface area contributed by atoms with Crippen molar-refractivity contribution >= 4 is 3.26 Å². The molecule has 1 atom stereocenters. The summed E-state index contributed by atoms with van der Waals surface area (Å²) >= 11 is -1.90. The van der Waals surface area contributed by atoms with Crippen LogP contribution in [-0.4, -0.2) is 3.26 Å². The summed E-state index contributed by atoms with van der Waals surface area (Å²) in [4.78, 5) is 0. The summed E-state index contributed by atoms with van der Waals surface area (Å²) < 4.78 is 5.37. The summed E-state index contributed by atoms with van der Waals surface area (Å²) in [6.07, 6.45) is 8.59. The van der Waals surface area contributed by atoms with Gasteiger partial charge in [0.25, 0.3) is 0 Å². The molecular formula is C17H24Cl2Hf. The molecular weight excluding hydrogens is 454 g/mol. The molecule has 0 aromatic heterocycles. The minimum atomic E-state index is -1.90. The monoisotopic (exact) mass is 478 g/mol. The summed E-state index contributed by atoms with van der Waals surface area (Å²) in [5.74, 6) is 0.684. The number of halogens is 2. The van der Waals surface area contributed by atoms with Crippen molar-refractivity contribution in [3.8, 4) is 0 Å². The zero-order valence-electron chi connectivity index (χ0n) is 13.3. The predicted molar refractivity (Wildman–Crippen MR) is 78.4 cm³/mol. The Hall–Kier alpha value is 0.280. The number of hydrogen-bond acceptors (Lipinski definition) is 0. The van der Waals surface area contributed by atoms with Crippen molar-refractivity contribution < 1.29 is 45.8 Å². The molecule has 2 aliphatic rings. The Morgan fingerprint density at radius 1 is 1.10 bits per heavy atom. The second-order valence-electron chi connectivity index (χ2n) is 6.00. The Morgan fingerprint density at radius 2 is 1.70 bits per heavy atom. The van der Waals surface area contributed by atoms with Crippen molar-refractivity contribution in [3.63, 3.8) is 0 Å². The van der Waals surface area contributed by atoms with Crippen molar-refractivity contribution in [2.75, 3.05) is 0 Å². The molecule has 0 radical (unpaired) electrons. The zero-order valence-corrected chi connectivity index (χ0v) is 18.4. The molecule has 2 aliphatic carbocycles. The van der Waals surface area contributed by atoms with E-state index in [0.717, 1.165) is 0 Å². The van der Waals surface area contributed by atoms with E-state index >= 15 is 0 Å². The molecule has 0 bridgehead atoms. The van der Waals surface area contributed by atoms with Crippen LogP contribution < -0.4 is 24.8 Å². The largest absolute Gasteiger partial charge is 1.00 e. The van der Waals surface area contributed by atoms with E-state index in [1.54, 1.807) is 17.7 Å². The van der Waals surface area contributed by atoms with Gasteiger partial charge in [-0.2, -0.15) is 0 Å². The molecule has 0 heterocycles. The van der Waals surface area contributed by atoms with Crippen LogP contribution >= 0.6 is 0 Å². The van der Waals surface area contributed by atoms with Gasteiger partial charge in [0.05, 0.1) is 0 Å². The molecule has 0 aromatic rings. The molecule has 0 saturated heterocycles. The number of allylic oxidation sites excluding steroid dienone is 8. The summed E-state index contributed by atoms with van der Waals surface area (Å²) in [5, 5.41) is 0. The maximum Gasteiger partial charge on any atom is -1.00 e. The van der Waals surface area contributed by atoms with Crippen molar-refractivity contribution in [1.29, 1.82) is 0 Å². The van der Waals surface area contributed by atoms with Gasteiger partial charge in [-0.15, -0.1) is 0 Å². The van der Waals surface area contributed by atoms with Crippen molar-refractivity contribution in [2.24, 2.45) is 5.92 Å². The standard InChI is InChI=1S/2C7H9.C3H6.2ClH.Hf/c2*1-6-3-4-7(2)5-6;1-3-2;;;/h5H,3H2,1-2H3;3,5,7H,1-2H3;1-2H3;2*1H;/q;;;;;+2/p-2. The molecule has 110 valence electrons. The van der Waals surface area contributed by atoms with E-state index in [0.29, 0.717) is 5.92 Å². The van der Waals surface area contributed by atoms with E-state index in [4.69, 9.17) is 0 Å². The predicted octanol–water partition coefficient (Wildman–Crippen LogP) is -1.07. The second-order valence-corrected chi connectivity index (χ2v) is 16.5. The number of hydrogen-bond donors (Lipinski definition) is 0. The van der Waals surface area contributed by atoms with Gasteiger partial charge in [-0.25, -0.2) is 0 Å². The molecule has 1 unspecified atom stereocenters. The van der Waals surface area contributed by atoms with Crippen LogP contribution in [0.3, 0.4) is 0 Å². The normalized spacial score (nSPS) is 20.2. The fourth-order valence-electron chi connectivity index (χ4n) is 3.19. The van der Waals surface area contributed by atoms with Crippen molar-refractivity contribution in [2.45, 2.75) is 48.0 Å². The minimum absolute atomic E-state index is 0. The third-order valence-electron chi connectivity index (χ3n) is 3.87. The molecule has 0 aliphatic heterocycles. The molecule has 0 fully saturated rings. The summed E-state index contributed by atoms with van der Waals surface area (Å²) in [7, 11) is 0. The SMILES string of the molecule is CC1=CC(C)[C]([Hf+2]([C]2=C(C)C=C(C)C2)=[C](C)C)=C1.[Cl-].[Cl-]. The Kier molecular flexibility index (Phi) is 8.17. The fraction of sp³-hybridized carbons (Fsp3) is 0.471. The molecule has 0 saturated carbocycles. The van der Waals surface area contributed by atoms with Crippen LogP contribution in [0.2, 0.25) is 0 Å². The number of rotatable bonds is 2. The van der Waals surface area contributed by atoms with E-state index < -0.39 is 21.0 Å². The van der Waals surface area contributed by atoms with Crippen LogP contribution in [0.25, 0.3) is 0 Å². The zero-order chi connectivity index (χ0) is 13.4. The third-order valence-corrected chi connectivity index (χ3v) is 15.9. The van der Waals surface area contributed by atoms with E-state index in [1.807, 2.05) is 3.33 Å². The van der Waals surface area contributed by atoms with Crippen molar-refractivity contribution in [1.82, 2.24) is 0 Å². The molecule has 0 nitrogen and oxygen atoms in total. The van der Waals surface area contributed by atoms with Gasteiger partial charge in [0.2, 0.25) is 0 Å². The Balaban J connectivity index is 0.00000180. The van der Waals surface area contributed by atoms with Crippen LogP contribution in [0.5, 0.6) is 0 Å². The van der Waals surface area contributed by atoms with Gasteiger partial charge in [-0.3, -0.25) is 0 Å². The molecule has 3 heteroatoms. The van der Waals surface area contributed by atoms with Gasteiger partial charge in [-0.05, 0) is 0 Å².